The van der Waals surface area contributed by atoms with Crippen LogP contribution in [0.1, 0.15) is 31.4 Å². The van der Waals surface area contributed by atoms with E-state index in [9.17, 15) is 9.50 Å². The van der Waals surface area contributed by atoms with Crippen LogP contribution in [0.3, 0.4) is 0 Å². The standard InChI is InChI=1S/C28H36FN3O4/c1-3-21(2)32(17-23(33)20-35-19-22-9-5-4-6-10-22)18-25-27(24-11-7-8-12-26(24)29)30-36-28(25)31-13-15-34-16-14-31/h4-12,21,23,33H,3,13-20H2,1-2H3/t21-,23+/m1/s1. The van der Waals surface area contributed by atoms with Gasteiger partial charge in [-0.25, -0.2) is 4.39 Å². The van der Waals surface area contributed by atoms with E-state index < -0.39 is 6.10 Å². The number of aliphatic hydroxyl groups excluding tert-OH is 1. The SMILES string of the molecule is CC[C@@H](C)N(Cc1c(-c2ccccc2F)noc1N1CCOCC1)C[C@H](O)COCc1ccccc1. The van der Waals surface area contributed by atoms with Crippen LogP contribution in [0.15, 0.2) is 59.1 Å². The predicted molar refractivity (Wildman–Crippen MR) is 137 cm³/mol. The lowest BCUT2D eigenvalue weighted by atomic mass is 10.0. The molecule has 2 heterocycles. The number of anilines is 1. The maximum absolute atomic E-state index is 14.8. The Bertz CT molecular complexity index is 1070. The van der Waals surface area contributed by atoms with Gasteiger partial charge in [0.2, 0.25) is 5.88 Å². The Morgan fingerprint density at radius 2 is 1.83 bits per heavy atom. The molecule has 0 saturated carbocycles. The Kier molecular flexibility index (Phi) is 9.47. The highest BCUT2D eigenvalue weighted by Gasteiger charge is 2.28. The minimum absolute atomic E-state index is 0.176. The lowest BCUT2D eigenvalue weighted by Crippen LogP contribution is -2.41. The molecule has 0 aliphatic carbocycles. The maximum Gasteiger partial charge on any atom is 0.232 e. The van der Waals surface area contributed by atoms with Crippen molar-refractivity contribution >= 4 is 5.88 Å². The highest BCUT2D eigenvalue weighted by molar-refractivity contribution is 5.69. The number of rotatable bonds is 12. The van der Waals surface area contributed by atoms with Crippen LogP contribution in [-0.2, 0) is 22.6 Å². The third-order valence-electron chi connectivity index (χ3n) is 6.64. The van der Waals surface area contributed by atoms with Gasteiger partial charge in [-0.15, -0.1) is 0 Å². The van der Waals surface area contributed by atoms with Crippen molar-refractivity contribution in [3.05, 3.63) is 71.5 Å². The zero-order valence-electron chi connectivity index (χ0n) is 21.1. The van der Waals surface area contributed by atoms with Gasteiger partial charge in [-0.2, -0.15) is 0 Å². The van der Waals surface area contributed by atoms with Crippen LogP contribution < -0.4 is 4.90 Å². The number of aliphatic hydroxyl groups is 1. The quantitative estimate of drug-likeness (QED) is 0.395. The largest absolute Gasteiger partial charge is 0.389 e. The van der Waals surface area contributed by atoms with Crippen molar-refractivity contribution in [2.24, 2.45) is 0 Å². The van der Waals surface area contributed by atoms with Crippen molar-refractivity contribution in [1.29, 1.82) is 0 Å². The van der Waals surface area contributed by atoms with Gasteiger partial charge in [0.15, 0.2) is 0 Å². The third-order valence-corrected chi connectivity index (χ3v) is 6.64. The summed E-state index contributed by atoms with van der Waals surface area (Å²) in [5.41, 5.74) is 2.79. The van der Waals surface area contributed by atoms with Crippen molar-refractivity contribution in [2.45, 2.75) is 45.6 Å². The van der Waals surface area contributed by atoms with Crippen molar-refractivity contribution < 1.29 is 23.5 Å². The van der Waals surface area contributed by atoms with Crippen LogP contribution in [0.4, 0.5) is 10.3 Å². The first kappa shape index (κ1) is 26.3. The molecular formula is C28H36FN3O4. The van der Waals surface area contributed by atoms with Crippen LogP contribution in [0.25, 0.3) is 11.3 Å². The topological polar surface area (TPSA) is 71.2 Å². The molecule has 1 aromatic heterocycles. The molecule has 2 atom stereocenters. The zero-order chi connectivity index (χ0) is 25.3. The summed E-state index contributed by atoms with van der Waals surface area (Å²) >= 11 is 0. The number of hydrogen-bond donors (Lipinski definition) is 1. The molecule has 194 valence electrons. The Balaban J connectivity index is 1.53. The van der Waals surface area contributed by atoms with E-state index in [-0.39, 0.29) is 18.5 Å². The molecule has 0 radical (unpaired) electrons. The normalized spacial score (nSPS) is 15.9. The smallest absolute Gasteiger partial charge is 0.232 e. The number of ether oxygens (including phenoxy) is 2. The summed E-state index contributed by atoms with van der Waals surface area (Å²) in [6.07, 6.45) is 0.219. The van der Waals surface area contributed by atoms with Crippen LogP contribution in [-0.4, -0.2) is 66.8 Å². The zero-order valence-corrected chi connectivity index (χ0v) is 21.1. The van der Waals surface area contributed by atoms with E-state index in [4.69, 9.17) is 14.0 Å². The number of hydrogen-bond acceptors (Lipinski definition) is 7. The average Bonchev–Trinajstić information content (AvgIpc) is 3.32. The second-order valence-electron chi connectivity index (χ2n) is 9.24. The molecule has 1 aliphatic heterocycles. The first-order chi connectivity index (χ1) is 17.6. The van der Waals surface area contributed by atoms with E-state index in [1.165, 1.54) is 6.07 Å². The second kappa shape index (κ2) is 13.0. The summed E-state index contributed by atoms with van der Waals surface area (Å²) in [6.45, 7) is 8.35. The molecule has 1 saturated heterocycles. The molecule has 1 N–H and O–H groups in total. The predicted octanol–water partition coefficient (Wildman–Crippen LogP) is 4.50. The van der Waals surface area contributed by atoms with Gasteiger partial charge in [0, 0.05) is 37.8 Å². The number of benzene rings is 2. The molecule has 7 nitrogen and oxygen atoms in total. The van der Waals surface area contributed by atoms with Crippen LogP contribution in [0.2, 0.25) is 0 Å². The fourth-order valence-corrected chi connectivity index (χ4v) is 4.39. The molecule has 3 aromatic rings. The van der Waals surface area contributed by atoms with Gasteiger partial charge in [-0.3, -0.25) is 4.90 Å². The number of aromatic nitrogens is 1. The van der Waals surface area contributed by atoms with E-state index in [2.05, 4.69) is 28.8 Å². The summed E-state index contributed by atoms with van der Waals surface area (Å²) in [7, 11) is 0. The third kappa shape index (κ3) is 6.70. The Morgan fingerprint density at radius 3 is 2.56 bits per heavy atom. The number of morpholine rings is 1. The lowest BCUT2D eigenvalue weighted by Gasteiger charge is -2.32. The molecule has 36 heavy (non-hydrogen) atoms. The van der Waals surface area contributed by atoms with Crippen LogP contribution in [0, 0.1) is 5.82 Å². The minimum atomic E-state index is -0.675. The van der Waals surface area contributed by atoms with Crippen LogP contribution in [0.5, 0.6) is 0 Å². The van der Waals surface area contributed by atoms with Crippen molar-refractivity contribution in [3.63, 3.8) is 0 Å². The van der Waals surface area contributed by atoms with Gasteiger partial charge < -0.3 is 24.0 Å². The summed E-state index contributed by atoms with van der Waals surface area (Å²) in [6, 6.07) is 16.7. The first-order valence-corrected chi connectivity index (χ1v) is 12.7. The Morgan fingerprint density at radius 1 is 1.11 bits per heavy atom. The molecule has 4 rings (SSSR count). The fourth-order valence-electron chi connectivity index (χ4n) is 4.39. The van der Waals surface area contributed by atoms with Crippen LogP contribution >= 0.6 is 0 Å². The fraction of sp³-hybridized carbons (Fsp3) is 0.464. The summed E-state index contributed by atoms with van der Waals surface area (Å²) in [5, 5.41) is 15.1. The van der Waals surface area contributed by atoms with Crippen molar-refractivity contribution in [2.75, 3.05) is 44.4 Å². The first-order valence-electron chi connectivity index (χ1n) is 12.7. The monoisotopic (exact) mass is 497 g/mol. The molecule has 2 aromatic carbocycles. The maximum atomic E-state index is 14.8. The molecule has 0 bridgehead atoms. The van der Waals surface area contributed by atoms with Gasteiger partial charge >= 0.3 is 0 Å². The lowest BCUT2D eigenvalue weighted by molar-refractivity contribution is 0.00146. The van der Waals surface area contributed by atoms with Gasteiger partial charge in [0.25, 0.3) is 0 Å². The molecule has 1 aliphatic rings. The van der Waals surface area contributed by atoms with Gasteiger partial charge in [-0.05, 0) is 31.0 Å². The van der Waals surface area contributed by atoms with E-state index in [1.54, 1.807) is 18.2 Å². The van der Waals surface area contributed by atoms with Crippen molar-refractivity contribution in [1.82, 2.24) is 10.1 Å². The highest BCUT2D eigenvalue weighted by Crippen LogP contribution is 2.34. The Labute approximate surface area is 212 Å². The van der Waals surface area contributed by atoms with Crippen molar-refractivity contribution in [3.8, 4) is 11.3 Å². The summed E-state index contributed by atoms with van der Waals surface area (Å²) < 4.78 is 31.9. The molecule has 0 unspecified atom stereocenters. The number of nitrogens with zero attached hydrogens (tertiary/aromatic N) is 3. The highest BCUT2D eigenvalue weighted by atomic mass is 19.1. The molecular weight excluding hydrogens is 461 g/mol. The molecule has 8 heteroatoms. The second-order valence-corrected chi connectivity index (χ2v) is 9.24. The van der Waals surface area contributed by atoms with E-state index in [1.807, 2.05) is 30.3 Å². The summed E-state index contributed by atoms with van der Waals surface area (Å²) in [4.78, 5) is 4.29. The minimum Gasteiger partial charge on any atom is -0.389 e. The Hall–Kier alpha value is -2.78. The van der Waals surface area contributed by atoms with E-state index in [0.717, 1.165) is 17.5 Å². The summed E-state index contributed by atoms with van der Waals surface area (Å²) in [5.74, 6) is 0.296. The molecule has 0 spiro atoms. The molecule has 0 amide bonds. The van der Waals surface area contributed by atoms with Gasteiger partial charge in [0.05, 0.1) is 38.1 Å². The van der Waals surface area contributed by atoms with E-state index in [0.29, 0.717) is 63.1 Å². The molecule has 1 fully saturated rings. The average molecular weight is 498 g/mol. The number of halogens is 1. The van der Waals surface area contributed by atoms with E-state index >= 15 is 0 Å². The van der Waals surface area contributed by atoms with Gasteiger partial charge in [-0.1, -0.05) is 54.5 Å². The van der Waals surface area contributed by atoms with Gasteiger partial charge in [0.1, 0.15) is 11.5 Å².